The first kappa shape index (κ1) is 91.7. The molecule has 552 valence electrons. The first-order valence-electron chi connectivity index (χ1n) is 37.9. The highest BCUT2D eigenvalue weighted by atomic mass is 31.2. The number of aliphatic hydroxyl groups excluding tert-OH is 2. The largest absolute Gasteiger partial charge is 0.472 e. The number of ether oxygens (including phenoxy) is 3. The lowest BCUT2D eigenvalue weighted by molar-refractivity contribution is -0.161. The summed E-state index contributed by atoms with van der Waals surface area (Å²) >= 11 is 0. The zero-order valence-electron chi connectivity index (χ0n) is 60.1. The Morgan fingerprint density at radius 3 is 0.926 bits per heavy atom. The number of allylic oxidation sites excluding steroid dienone is 14. The molecule has 0 aliphatic rings. The maximum atomic E-state index is 12.9. The number of phosphoric ester groups is 2. The van der Waals surface area contributed by atoms with E-state index in [1.54, 1.807) is 0 Å². The normalized spacial score (nSPS) is 14.6. The number of unbranched alkanes of at least 4 members (excludes halogenated alkanes) is 35. The molecule has 0 spiro atoms. The third-order valence-electron chi connectivity index (χ3n) is 16.1. The van der Waals surface area contributed by atoms with Gasteiger partial charge >= 0.3 is 33.6 Å². The van der Waals surface area contributed by atoms with Crippen LogP contribution in [0.15, 0.2) is 85.1 Å². The smallest absolute Gasteiger partial charge is 0.463 e. The van der Waals surface area contributed by atoms with E-state index < -0.39 is 91.5 Å². The van der Waals surface area contributed by atoms with Crippen molar-refractivity contribution in [3.63, 3.8) is 0 Å². The van der Waals surface area contributed by atoms with E-state index in [0.29, 0.717) is 19.3 Å². The van der Waals surface area contributed by atoms with E-state index in [0.717, 1.165) is 128 Å². The second kappa shape index (κ2) is 70.6. The molecule has 5 atom stereocenters. The van der Waals surface area contributed by atoms with Crippen LogP contribution in [0.5, 0.6) is 0 Å². The summed E-state index contributed by atoms with van der Waals surface area (Å²) in [5.74, 6) is -1.58. The molecule has 0 fully saturated rings. The molecule has 0 saturated carbocycles. The van der Waals surface area contributed by atoms with Gasteiger partial charge in [-0.3, -0.25) is 32.5 Å². The fourth-order valence-corrected chi connectivity index (χ4v) is 11.9. The number of hydrogen-bond donors (Lipinski definition) is 4. The first-order valence-corrected chi connectivity index (χ1v) is 40.9. The van der Waals surface area contributed by atoms with Gasteiger partial charge in [-0.25, -0.2) is 9.13 Å². The van der Waals surface area contributed by atoms with Crippen LogP contribution in [0.4, 0.5) is 0 Å². The van der Waals surface area contributed by atoms with Gasteiger partial charge in [-0.2, -0.15) is 0 Å². The van der Waals surface area contributed by atoms with Gasteiger partial charge < -0.3 is 34.2 Å². The molecule has 95 heavy (non-hydrogen) atoms. The summed E-state index contributed by atoms with van der Waals surface area (Å²) in [6, 6.07) is 0. The van der Waals surface area contributed by atoms with Crippen LogP contribution in [0.3, 0.4) is 0 Å². The van der Waals surface area contributed by atoms with Crippen LogP contribution in [0.25, 0.3) is 0 Å². The minimum absolute atomic E-state index is 0.0952. The van der Waals surface area contributed by atoms with E-state index in [1.165, 1.54) is 141 Å². The summed E-state index contributed by atoms with van der Waals surface area (Å²) in [7, 11) is -9.77. The summed E-state index contributed by atoms with van der Waals surface area (Å²) < 4.78 is 60.9. The molecule has 0 amide bonds. The van der Waals surface area contributed by atoms with Crippen LogP contribution in [0, 0.1) is 0 Å². The first-order chi connectivity index (χ1) is 46.2. The van der Waals surface area contributed by atoms with Crippen molar-refractivity contribution in [2.24, 2.45) is 0 Å². The summed E-state index contributed by atoms with van der Waals surface area (Å²) in [5, 5.41) is 20.6. The van der Waals surface area contributed by atoms with Crippen molar-refractivity contribution in [1.29, 1.82) is 0 Å². The van der Waals surface area contributed by atoms with Crippen LogP contribution < -0.4 is 0 Å². The molecule has 0 radical (unpaired) electrons. The second-order valence-corrected chi connectivity index (χ2v) is 28.3. The predicted molar refractivity (Wildman–Crippen MR) is 390 cm³/mol. The van der Waals surface area contributed by atoms with Crippen molar-refractivity contribution in [3.8, 4) is 0 Å². The van der Waals surface area contributed by atoms with Gasteiger partial charge in [0.25, 0.3) is 0 Å². The average Bonchev–Trinajstić information content (AvgIpc) is 3.18. The number of esters is 3. The van der Waals surface area contributed by atoms with Gasteiger partial charge in [-0.05, 0) is 109 Å². The van der Waals surface area contributed by atoms with E-state index in [-0.39, 0.29) is 19.3 Å². The highest BCUT2D eigenvalue weighted by Gasteiger charge is 2.29. The molecular weight excluding hydrogens is 1240 g/mol. The highest BCUT2D eigenvalue weighted by molar-refractivity contribution is 7.47. The van der Waals surface area contributed by atoms with Gasteiger partial charge in [0.2, 0.25) is 0 Å². The van der Waals surface area contributed by atoms with E-state index in [1.807, 2.05) is 0 Å². The van der Waals surface area contributed by atoms with Gasteiger partial charge in [0.1, 0.15) is 25.4 Å². The maximum Gasteiger partial charge on any atom is 0.472 e. The van der Waals surface area contributed by atoms with Crippen molar-refractivity contribution in [1.82, 2.24) is 0 Å². The lowest BCUT2D eigenvalue weighted by Crippen LogP contribution is -2.30. The predicted octanol–water partition coefficient (Wildman–Crippen LogP) is 21.7. The molecule has 16 nitrogen and oxygen atoms in total. The van der Waals surface area contributed by atoms with Crippen LogP contribution in [0.1, 0.15) is 329 Å². The zero-order chi connectivity index (χ0) is 69.5. The van der Waals surface area contributed by atoms with E-state index in [4.69, 9.17) is 32.3 Å². The summed E-state index contributed by atoms with van der Waals surface area (Å²) in [6.07, 6.45) is 78.1. The molecule has 5 unspecified atom stereocenters. The number of rotatable bonds is 72. The Balaban J connectivity index is 4.31. The van der Waals surface area contributed by atoms with Crippen molar-refractivity contribution < 1.29 is 75.8 Å². The molecule has 0 aromatic carbocycles. The minimum atomic E-state index is -4.92. The quantitative estimate of drug-likeness (QED) is 0.0146. The third kappa shape index (κ3) is 71.8. The molecule has 0 rings (SSSR count). The fraction of sp³-hybridized carbons (Fsp3) is 0.779. The van der Waals surface area contributed by atoms with Gasteiger partial charge in [-0.1, -0.05) is 286 Å². The SMILES string of the molecule is CC/C=C\C/C=C\C/C=C\C/C=C\C/C=C\CCCCCCCCCCCCCCCCCCCC(=O)OCC(O)COP(=O)(O)OCC(O)COP(=O)(O)OCC(COC(=O)CCCCCCC/C=C\CCCCCCCC)OC(=O)CCCCCCC/C=C\CCCC. The van der Waals surface area contributed by atoms with E-state index in [2.05, 4.69) is 106 Å². The van der Waals surface area contributed by atoms with E-state index >= 15 is 0 Å². The molecule has 0 aromatic heterocycles. The van der Waals surface area contributed by atoms with Crippen molar-refractivity contribution in [2.75, 3.05) is 39.6 Å². The van der Waals surface area contributed by atoms with Gasteiger partial charge in [0.15, 0.2) is 6.10 Å². The summed E-state index contributed by atoms with van der Waals surface area (Å²) in [4.78, 5) is 58.3. The Kier molecular flexibility index (Phi) is 68.2. The number of aliphatic hydroxyl groups is 2. The minimum Gasteiger partial charge on any atom is -0.463 e. The molecule has 0 aliphatic heterocycles. The Morgan fingerprint density at radius 1 is 0.305 bits per heavy atom. The monoisotopic (exact) mass is 1380 g/mol. The van der Waals surface area contributed by atoms with Crippen LogP contribution in [-0.2, 0) is 55.8 Å². The molecule has 18 heteroatoms. The Morgan fingerprint density at radius 2 is 0.568 bits per heavy atom. The number of carbonyl (C=O) groups is 3. The van der Waals surface area contributed by atoms with Gasteiger partial charge in [0.05, 0.1) is 26.4 Å². The molecule has 0 aliphatic carbocycles. The van der Waals surface area contributed by atoms with Crippen LogP contribution >= 0.6 is 15.6 Å². The number of phosphoric acid groups is 2. The summed E-state index contributed by atoms with van der Waals surface area (Å²) in [5.41, 5.74) is 0. The van der Waals surface area contributed by atoms with Crippen molar-refractivity contribution >= 4 is 33.6 Å². The molecular formula is C77H138O16P2. The topological polar surface area (TPSA) is 231 Å². The second-order valence-electron chi connectivity index (χ2n) is 25.4. The lowest BCUT2D eigenvalue weighted by atomic mass is 10.0. The Labute approximate surface area is 578 Å². The lowest BCUT2D eigenvalue weighted by Gasteiger charge is -2.21. The summed E-state index contributed by atoms with van der Waals surface area (Å²) in [6.45, 7) is 2.52. The Bertz CT molecular complexity index is 2070. The molecule has 0 bridgehead atoms. The zero-order valence-corrected chi connectivity index (χ0v) is 61.9. The molecule has 0 aromatic rings. The number of carbonyl (C=O) groups excluding carboxylic acids is 3. The van der Waals surface area contributed by atoms with Crippen LogP contribution in [0.2, 0.25) is 0 Å². The third-order valence-corrected chi connectivity index (χ3v) is 18.0. The maximum absolute atomic E-state index is 12.9. The average molecular weight is 1380 g/mol. The Hall–Kier alpha value is -3.27. The van der Waals surface area contributed by atoms with Crippen molar-refractivity contribution in [3.05, 3.63) is 85.1 Å². The van der Waals surface area contributed by atoms with Gasteiger partial charge in [0, 0.05) is 19.3 Å². The fourth-order valence-electron chi connectivity index (χ4n) is 10.3. The highest BCUT2D eigenvalue weighted by Crippen LogP contribution is 2.45. The number of hydrogen-bond acceptors (Lipinski definition) is 14. The standard InChI is InChI=1S/C77H138O16P2/c1-4-7-10-13-16-19-22-24-26-27-28-29-30-31-32-33-34-35-36-37-38-39-40-41-42-43-45-47-49-51-54-57-60-63-75(80)87-66-72(78)67-89-94(83,84)90-68-73(79)69-91-95(85,86)92-71-74(93-77(82)65-62-59-56-53-48-21-18-15-12-9-6-3)70-88-76(81)64-61-58-55-52-50-46-44-25-23-20-17-14-11-8-5-2/h7,10,15-16,18-19,24-26,28-29,31-32,44,72-74,78-79H,4-6,8-9,11-14,17,20-23,27,30,33-43,45-71H2,1-3H3,(H,83,84)(H,85,86)/b10-7-,18-15-,19-16-,26-24-,29-28-,32-31-,44-25-. The van der Waals surface area contributed by atoms with Crippen molar-refractivity contribution in [2.45, 2.75) is 347 Å². The molecule has 0 heterocycles. The molecule has 0 saturated heterocycles. The molecule has 4 N–H and O–H groups in total. The van der Waals surface area contributed by atoms with Crippen LogP contribution in [-0.4, -0.2) is 95.9 Å². The van der Waals surface area contributed by atoms with Gasteiger partial charge in [-0.15, -0.1) is 0 Å². The van der Waals surface area contributed by atoms with E-state index in [9.17, 15) is 43.5 Å².